The quantitative estimate of drug-likeness (QED) is 0.620. The highest BCUT2D eigenvalue weighted by Crippen LogP contribution is 2.48. The largest absolute Gasteiger partial charge is 0.483 e. The van der Waals surface area contributed by atoms with Gasteiger partial charge in [-0.05, 0) is 24.1 Å². The van der Waals surface area contributed by atoms with E-state index in [1.165, 1.54) is 16.5 Å². The van der Waals surface area contributed by atoms with Gasteiger partial charge in [0.25, 0.3) is 5.91 Å². The number of hydrogen-bond acceptors (Lipinski definition) is 4. The second kappa shape index (κ2) is 8.76. The summed E-state index contributed by atoms with van der Waals surface area (Å²) in [6, 6.07) is 16.2. The molecular weight excluding hydrogens is 376 g/mol. The molecule has 1 aliphatic heterocycles. The van der Waals surface area contributed by atoms with Crippen LogP contribution in [-0.4, -0.2) is 35.5 Å². The first-order valence-corrected chi connectivity index (χ1v) is 11.2. The minimum atomic E-state index is -0.0867. The molecule has 0 bridgehead atoms. The first-order chi connectivity index (χ1) is 13.3. The van der Waals surface area contributed by atoms with E-state index in [1.807, 2.05) is 60.1 Å². The van der Waals surface area contributed by atoms with E-state index in [0.29, 0.717) is 11.1 Å². The molecule has 2 aromatic carbocycles. The first kappa shape index (κ1) is 18.3. The number of carbonyl (C=O) groups is 1. The van der Waals surface area contributed by atoms with Gasteiger partial charge in [-0.2, -0.15) is 0 Å². The third-order valence-electron chi connectivity index (χ3n) is 4.54. The van der Waals surface area contributed by atoms with Gasteiger partial charge in [0, 0.05) is 40.7 Å². The highest BCUT2D eigenvalue weighted by Gasteiger charge is 2.21. The SMILES string of the molecule is O=C(COc1ccccc1C1SCCS1)NCCc1c[nH]c2ccccc12. The van der Waals surface area contributed by atoms with Crippen molar-refractivity contribution in [1.82, 2.24) is 10.3 Å². The lowest BCUT2D eigenvalue weighted by Gasteiger charge is -2.15. The molecule has 2 N–H and O–H groups in total. The lowest BCUT2D eigenvalue weighted by molar-refractivity contribution is -0.123. The van der Waals surface area contributed by atoms with Crippen LogP contribution in [0.5, 0.6) is 5.75 Å². The van der Waals surface area contributed by atoms with Crippen molar-refractivity contribution >= 4 is 40.3 Å². The molecule has 6 heteroatoms. The van der Waals surface area contributed by atoms with Gasteiger partial charge in [0.2, 0.25) is 0 Å². The summed E-state index contributed by atoms with van der Waals surface area (Å²) in [5, 5.41) is 4.17. The van der Waals surface area contributed by atoms with Gasteiger partial charge in [-0.1, -0.05) is 36.4 Å². The Labute approximate surface area is 167 Å². The fourth-order valence-electron chi connectivity index (χ4n) is 3.21. The van der Waals surface area contributed by atoms with E-state index in [-0.39, 0.29) is 12.5 Å². The normalized spacial score (nSPS) is 14.5. The van der Waals surface area contributed by atoms with Gasteiger partial charge < -0.3 is 15.0 Å². The van der Waals surface area contributed by atoms with Gasteiger partial charge in [0.1, 0.15) is 5.75 Å². The Balaban J connectivity index is 1.28. The van der Waals surface area contributed by atoms with Crippen molar-refractivity contribution in [2.75, 3.05) is 24.7 Å². The van der Waals surface area contributed by atoms with Crippen molar-refractivity contribution in [1.29, 1.82) is 0 Å². The zero-order chi connectivity index (χ0) is 18.5. The molecule has 4 nitrogen and oxygen atoms in total. The Kier molecular flexibility index (Phi) is 5.94. The van der Waals surface area contributed by atoms with Crippen LogP contribution in [0.3, 0.4) is 0 Å². The maximum absolute atomic E-state index is 12.2. The molecule has 1 aromatic heterocycles. The second-order valence-corrected chi connectivity index (χ2v) is 9.08. The number of carbonyl (C=O) groups excluding carboxylic acids is 1. The number of rotatable bonds is 7. The van der Waals surface area contributed by atoms with Crippen LogP contribution in [0.4, 0.5) is 0 Å². The number of hydrogen-bond donors (Lipinski definition) is 2. The summed E-state index contributed by atoms with van der Waals surface area (Å²) in [5.74, 6) is 3.06. The molecule has 1 fully saturated rings. The average Bonchev–Trinajstić information content (AvgIpc) is 3.37. The van der Waals surface area contributed by atoms with Gasteiger partial charge >= 0.3 is 0 Å². The molecule has 3 aromatic rings. The van der Waals surface area contributed by atoms with E-state index >= 15 is 0 Å². The van der Waals surface area contributed by atoms with Gasteiger partial charge in [-0.3, -0.25) is 4.79 Å². The van der Waals surface area contributed by atoms with Crippen LogP contribution in [0.15, 0.2) is 54.7 Å². The lowest BCUT2D eigenvalue weighted by Crippen LogP contribution is -2.30. The first-order valence-electron chi connectivity index (χ1n) is 9.08. The van der Waals surface area contributed by atoms with E-state index in [9.17, 15) is 4.79 Å². The summed E-state index contributed by atoms with van der Waals surface area (Å²) in [6.45, 7) is 0.646. The minimum Gasteiger partial charge on any atom is -0.483 e. The van der Waals surface area contributed by atoms with Crippen LogP contribution in [0.1, 0.15) is 15.7 Å². The predicted octanol–water partition coefficient (Wildman–Crippen LogP) is 4.38. The molecule has 2 heterocycles. The molecule has 1 amide bonds. The topological polar surface area (TPSA) is 54.1 Å². The third kappa shape index (κ3) is 4.45. The molecule has 0 spiro atoms. The van der Waals surface area contributed by atoms with Crippen LogP contribution in [-0.2, 0) is 11.2 Å². The van der Waals surface area contributed by atoms with Crippen molar-refractivity contribution in [3.63, 3.8) is 0 Å². The highest BCUT2D eigenvalue weighted by molar-refractivity contribution is 8.19. The van der Waals surface area contributed by atoms with Gasteiger partial charge in [0.15, 0.2) is 6.61 Å². The number of H-pyrrole nitrogens is 1. The van der Waals surface area contributed by atoms with Crippen LogP contribution >= 0.6 is 23.5 Å². The fraction of sp³-hybridized carbons (Fsp3) is 0.286. The number of aromatic nitrogens is 1. The summed E-state index contributed by atoms with van der Waals surface area (Å²) in [7, 11) is 0. The molecule has 0 saturated carbocycles. The minimum absolute atomic E-state index is 0.0486. The number of para-hydroxylation sites is 2. The summed E-state index contributed by atoms with van der Waals surface area (Å²) in [4.78, 5) is 15.5. The fourth-order valence-corrected chi connectivity index (χ4v) is 6.12. The molecular formula is C21H22N2O2S2. The number of aromatic amines is 1. The van der Waals surface area contributed by atoms with Crippen LogP contribution in [0.25, 0.3) is 10.9 Å². The monoisotopic (exact) mass is 398 g/mol. The van der Waals surface area contributed by atoms with E-state index in [2.05, 4.69) is 28.5 Å². The Hall–Kier alpha value is -2.05. The molecule has 140 valence electrons. The molecule has 27 heavy (non-hydrogen) atoms. The number of ether oxygens (including phenoxy) is 1. The second-order valence-electron chi connectivity index (χ2n) is 6.36. The zero-order valence-corrected chi connectivity index (χ0v) is 16.6. The van der Waals surface area contributed by atoms with E-state index in [1.54, 1.807) is 0 Å². The molecule has 0 unspecified atom stereocenters. The van der Waals surface area contributed by atoms with Crippen LogP contribution in [0, 0.1) is 0 Å². The molecule has 1 saturated heterocycles. The maximum atomic E-state index is 12.2. The summed E-state index contributed by atoms with van der Waals surface area (Å²) < 4.78 is 6.23. The third-order valence-corrected chi connectivity index (χ3v) is 7.61. The maximum Gasteiger partial charge on any atom is 0.257 e. The van der Waals surface area contributed by atoms with Gasteiger partial charge in [0.05, 0.1) is 4.58 Å². The molecule has 4 rings (SSSR count). The lowest BCUT2D eigenvalue weighted by atomic mass is 10.1. The number of thioether (sulfide) groups is 2. The Morgan fingerprint density at radius 2 is 1.89 bits per heavy atom. The number of nitrogens with one attached hydrogen (secondary N) is 2. The highest BCUT2D eigenvalue weighted by atomic mass is 32.2. The standard InChI is InChI=1S/C21H22N2O2S2/c24-20(22-10-9-15-13-23-18-7-3-1-5-16(15)18)14-25-19-8-4-2-6-17(19)21-26-11-12-27-21/h1-8,13,21,23H,9-12,14H2,(H,22,24). The molecule has 0 radical (unpaired) electrons. The zero-order valence-electron chi connectivity index (χ0n) is 14.9. The Bertz CT molecular complexity index is 919. The number of fused-ring (bicyclic) bond motifs is 1. The van der Waals surface area contributed by atoms with Crippen molar-refractivity contribution in [3.8, 4) is 5.75 Å². The van der Waals surface area contributed by atoms with Crippen LogP contribution < -0.4 is 10.1 Å². The predicted molar refractivity (Wildman–Crippen MR) is 115 cm³/mol. The molecule has 0 atom stereocenters. The van der Waals surface area contributed by atoms with Gasteiger partial charge in [-0.25, -0.2) is 0 Å². The van der Waals surface area contributed by atoms with Crippen molar-refractivity contribution in [2.24, 2.45) is 0 Å². The summed E-state index contributed by atoms with van der Waals surface area (Å²) in [6.07, 6.45) is 2.81. The van der Waals surface area contributed by atoms with E-state index in [0.717, 1.165) is 29.2 Å². The van der Waals surface area contributed by atoms with E-state index in [4.69, 9.17) is 4.74 Å². The Morgan fingerprint density at radius 3 is 2.78 bits per heavy atom. The number of amides is 1. The number of benzene rings is 2. The summed E-state index contributed by atoms with van der Waals surface area (Å²) in [5.41, 5.74) is 3.52. The van der Waals surface area contributed by atoms with Crippen molar-refractivity contribution < 1.29 is 9.53 Å². The molecule has 1 aliphatic rings. The van der Waals surface area contributed by atoms with Crippen LogP contribution in [0.2, 0.25) is 0 Å². The smallest absolute Gasteiger partial charge is 0.257 e. The summed E-state index contributed by atoms with van der Waals surface area (Å²) >= 11 is 3.87. The molecule has 0 aliphatic carbocycles. The van der Waals surface area contributed by atoms with Gasteiger partial charge in [-0.15, -0.1) is 23.5 Å². The van der Waals surface area contributed by atoms with Crippen molar-refractivity contribution in [2.45, 2.75) is 11.0 Å². The Morgan fingerprint density at radius 1 is 1.11 bits per heavy atom. The van der Waals surface area contributed by atoms with Crippen molar-refractivity contribution in [3.05, 3.63) is 65.9 Å². The van der Waals surface area contributed by atoms with E-state index < -0.39 is 0 Å². The average molecular weight is 399 g/mol.